The average Bonchev–Trinajstić information content (AvgIpc) is 2.98. The van der Waals surface area contributed by atoms with E-state index in [0.29, 0.717) is 18.5 Å². The van der Waals surface area contributed by atoms with Crippen LogP contribution in [0.5, 0.6) is 0 Å². The summed E-state index contributed by atoms with van der Waals surface area (Å²) in [5.41, 5.74) is 5.82. The topological polar surface area (TPSA) is 55.6 Å². The molecule has 1 saturated carbocycles. The predicted octanol–water partition coefficient (Wildman–Crippen LogP) is 1.53. The van der Waals surface area contributed by atoms with Crippen LogP contribution >= 0.6 is 0 Å². The van der Waals surface area contributed by atoms with Crippen LogP contribution in [-0.4, -0.2) is 42.1 Å². The van der Waals surface area contributed by atoms with Crippen molar-refractivity contribution < 1.29 is 9.53 Å². The molecular formula is C14H26N2O2. The maximum absolute atomic E-state index is 12.5. The molecule has 18 heavy (non-hydrogen) atoms. The van der Waals surface area contributed by atoms with E-state index in [0.717, 1.165) is 32.2 Å². The molecule has 0 radical (unpaired) electrons. The quantitative estimate of drug-likeness (QED) is 0.827. The number of carbonyl (C=O) groups excluding carboxylic acids is 1. The molecular weight excluding hydrogens is 228 g/mol. The molecule has 1 aliphatic carbocycles. The van der Waals surface area contributed by atoms with E-state index in [2.05, 4.69) is 6.92 Å². The van der Waals surface area contributed by atoms with Crippen molar-refractivity contribution >= 4 is 5.91 Å². The summed E-state index contributed by atoms with van der Waals surface area (Å²) in [6, 6.07) is 0.340. The first-order valence-corrected chi connectivity index (χ1v) is 7.33. The Morgan fingerprint density at radius 1 is 1.33 bits per heavy atom. The summed E-state index contributed by atoms with van der Waals surface area (Å²) in [6.45, 7) is 5.56. The molecule has 0 aromatic carbocycles. The van der Waals surface area contributed by atoms with Crippen molar-refractivity contribution in [2.75, 3.05) is 13.1 Å². The highest BCUT2D eigenvalue weighted by Crippen LogP contribution is 2.31. The zero-order valence-corrected chi connectivity index (χ0v) is 11.6. The standard InChI is InChI=1S/C14H26N2O2/c1-3-16(12-6-4-5-11(12)9-15)14(17)13-8-7-10(2)18-13/h10-13H,3-9,15H2,1-2H3. The molecule has 4 heteroatoms. The number of likely N-dealkylation sites (N-methyl/N-ethyl adjacent to an activating group) is 1. The van der Waals surface area contributed by atoms with E-state index in [9.17, 15) is 4.79 Å². The molecule has 1 aliphatic heterocycles. The van der Waals surface area contributed by atoms with Gasteiger partial charge in [-0.1, -0.05) is 6.42 Å². The van der Waals surface area contributed by atoms with Crippen LogP contribution in [0.1, 0.15) is 46.0 Å². The van der Waals surface area contributed by atoms with Crippen molar-refractivity contribution in [1.82, 2.24) is 4.90 Å². The van der Waals surface area contributed by atoms with Crippen LogP contribution in [0.25, 0.3) is 0 Å². The van der Waals surface area contributed by atoms with Crippen molar-refractivity contribution in [2.24, 2.45) is 11.7 Å². The van der Waals surface area contributed by atoms with E-state index >= 15 is 0 Å². The summed E-state index contributed by atoms with van der Waals surface area (Å²) >= 11 is 0. The van der Waals surface area contributed by atoms with Crippen molar-refractivity contribution in [3.8, 4) is 0 Å². The van der Waals surface area contributed by atoms with E-state index in [-0.39, 0.29) is 18.1 Å². The Kier molecular flexibility index (Phi) is 4.62. The summed E-state index contributed by atoms with van der Waals surface area (Å²) in [7, 11) is 0. The number of hydrogen-bond acceptors (Lipinski definition) is 3. The molecule has 104 valence electrons. The first-order valence-electron chi connectivity index (χ1n) is 7.33. The number of nitrogens with two attached hydrogens (primary N) is 1. The molecule has 2 rings (SSSR count). The second-order valence-electron chi connectivity index (χ2n) is 5.63. The minimum Gasteiger partial charge on any atom is -0.365 e. The Labute approximate surface area is 110 Å². The Morgan fingerprint density at radius 3 is 2.67 bits per heavy atom. The highest BCUT2D eigenvalue weighted by atomic mass is 16.5. The van der Waals surface area contributed by atoms with Gasteiger partial charge in [-0.3, -0.25) is 4.79 Å². The summed E-state index contributed by atoms with van der Waals surface area (Å²) in [5.74, 6) is 0.667. The lowest BCUT2D eigenvalue weighted by molar-refractivity contribution is -0.145. The molecule has 2 fully saturated rings. The van der Waals surface area contributed by atoms with Gasteiger partial charge >= 0.3 is 0 Å². The SMILES string of the molecule is CCN(C(=O)C1CCC(C)O1)C1CCCC1CN. The zero-order valence-electron chi connectivity index (χ0n) is 11.6. The van der Waals surface area contributed by atoms with Crippen molar-refractivity contribution in [1.29, 1.82) is 0 Å². The summed E-state index contributed by atoms with van der Waals surface area (Å²) in [5, 5.41) is 0. The van der Waals surface area contributed by atoms with Crippen LogP contribution in [0.2, 0.25) is 0 Å². The van der Waals surface area contributed by atoms with E-state index in [1.807, 2.05) is 11.8 Å². The molecule has 0 aromatic rings. The molecule has 0 spiro atoms. The highest BCUT2D eigenvalue weighted by Gasteiger charge is 2.38. The van der Waals surface area contributed by atoms with Gasteiger partial charge in [0.05, 0.1) is 6.10 Å². The fourth-order valence-corrected chi connectivity index (χ4v) is 3.43. The van der Waals surface area contributed by atoms with Crippen molar-refractivity contribution in [2.45, 2.75) is 64.2 Å². The second kappa shape index (κ2) is 6.02. The van der Waals surface area contributed by atoms with Crippen LogP contribution in [0.15, 0.2) is 0 Å². The second-order valence-corrected chi connectivity index (χ2v) is 5.63. The van der Waals surface area contributed by atoms with Gasteiger partial charge in [-0.2, -0.15) is 0 Å². The molecule has 2 N–H and O–H groups in total. The van der Waals surface area contributed by atoms with Gasteiger partial charge in [0, 0.05) is 12.6 Å². The van der Waals surface area contributed by atoms with Crippen LogP contribution in [0, 0.1) is 5.92 Å². The molecule has 1 amide bonds. The number of rotatable bonds is 4. The summed E-state index contributed by atoms with van der Waals surface area (Å²) in [4.78, 5) is 14.6. The number of amides is 1. The minimum absolute atomic E-state index is 0.187. The van der Waals surface area contributed by atoms with Crippen LogP contribution < -0.4 is 5.73 Å². The molecule has 1 heterocycles. The van der Waals surface area contributed by atoms with Gasteiger partial charge in [-0.15, -0.1) is 0 Å². The molecule has 4 atom stereocenters. The van der Waals surface area contributed by atoms with Gasteiger partial charge in [0.15, 0.2) is 0 Å². The molecule has 0 aromatic heterocycles. The molecule has 1 saturated heterocycles. The Hall–Kier alpha value is -0.610. The maximum Gasteiger partial charge on any atom is 0.251 e. The lowest BCUT2D eigenvalue weighted by Crippen LogP contribution is -2.48. The average molecular weight is 254 g/mol. The minimum atomic E-state index is -0.209. The van der Waals surface area contributed by atoms with Gasteiger partial charge in [0.2, 0.25) is 0 Å². The molecule has 4 unspecified atom stereocenters. The summed E-state index contributed by atoms with van der Waals surface area (Å²) in [6.07, 6.45) is 5.34. The third-order valence-corrected chi connectivity index (χ3v) is 4.45. The number of hydrogen-bond donors (Lipinski definition) is 1. The van der Waals surface area contributed by atoms with Crippen LogP contribution in [0.3, 0.4) is 0 Å². The van der Waals surface area contributed by atoms with Gasteiger partial charge < -0.3 is 15.4 Å². The molecule has 0 bridgehead atoms. The van der Waals surface area contributed by atoms with Crippen molar-refractivity contribution in [3.05, 3.63) is 0 Å². The predicted molar refractivity (Wildman–Crippen MR) is 71.1 cm³/mol. The fraction of sp³-hybridized carbons (Fsp3) is 0.929. The number of nitrogens with zero attached hydrogens (tertiary/aromatic N) is 1. The van der Waals surface area contributed by atoms with Crippen LogP contribution in [-0.2, 0) is 9.53 Å². The van der Waals surface area contributed by atoms with E-state index in [1.54, 1.807) is 0 Å². The number of carbonyl (C=O) groups is 1. The lowest BCUT2D eigenvalue weighted by atomic mass is 10.0. The molecule has 2 aliphatic rings. The van der Waals surface area contributed by atoms with Gasteiger partial charge in [-0.25, -0.2) is 0 Å². The van der Waals surface area contributed by atoms with Crippen molar-refractivity contribution in [3.63, 3.8) is 0 Å². The third kappa shape index (κ3) is 2.69. The normalized spacial score (nSPS) is 35.9. The first-order chi connectivity index (χ1) is 8.67. The largest absolute Gasteiger partial charge is 0.365 e. The Morgan fingerprint density at radius 2 is 2.11 bits per heavy atom. The third-order valence-electron chi connectivity index (χ3n) is 4.45. The maximum atomic E-state index is 12.5. The Bertz CT molecular complexity index is 296. The number of ether oxygens (including phenoxy) is 1. The summed E-state index contributed by atoms with van der Waals surface area (Å²) < 4.78 is 5.71. The zero-order chi connectivity index (χ0) is 13.1. The molecule has 4 nitrogen and oxygen atoms in total. The van der Waals surface area contributed by atoms with Crippen LogP contribution in [0.4, 0.5) is 0 Å². The smallest absolute Gasteiger partial charge is 0.251 e. The highest BCUT2D eigenvalue weighted by molar-refractivity contribution is 5.81. The lowest BCUT2D eigenvalue weighted by Gasteiger charge is -2.33. The van der Waals surface area contributed by atoms with Gasteiger partial charge in [-0.05, 0) is 52.0 Å². The fourth-order valence-electron chi connectivity index (χ4n) is 3.43. The monoisotopic (exact) mass is 254 g/mol. The van der Waals surface area contributed by atoms with E-state index in [4.69, 9.17) is 10.5 Å². The first kappa shape index (κ1) is 13.8. The Balaban J connectivity index is 2.01. The van der Waals surface area contributed by atoms with E-state index < -0.39 is 0 Å². The van der Waals surface area contributed by atoms with Gasteiger partial charge in [0.1, 0.15) is 6.10 Å². The van der Waals surface area contributed by atoms with Gasteiger partial charge in [0.25, 0.3) is 5.91 Å². The van der Waals surface area contributed by atoms with E-state index in [1.165, 1.54) is 6.42 Å².